The number of carbonyl (C=O) groups is 2. The van der Waals surface area contributed by atoms with Crippen molar-refractivity contribution in [3.8, 4) is 0 Å². The van der Waals surface area contributed by atoms with Crippen molar-refractivity contribution in [2.45, 2.75) is 45.4 Å². The second-order valence-corrected chi connectivity index (χ2v) is 5.69. The van der Waals surface area contributed by atoms with E-state index in [9.17, 15) is 9.59 Å². The van der Waals surface area contributed by atoms with Gasteiger partial charge in [-0.25, -0.2) is 4.79 Å². The summed E-state index contributed by atoms with van der Waals surface area (Å²) in [5.74, 6) is 0.198. The maximum Gasteiger partial charge on any atom is 0.404 e. The molecule has 3 N–H and O–H groups in total. The van der Waals surface area contributed by atoms with E-state index in [2.05, 4.69) is 10.6 Å². The molecule has 7 heteroatoms. The lowest BCUT2D eigenvalue weighted by Gasteiger charge is -2.20. The van der Waals surface area contributed by atoms with Gasteiger partial charge in [0, 0.05) is 19.2 Å². The average Bonchev–Trinajstić information content (AvgIpc) is 2.88. The van der Waals surface area contributed by atoms with Crippen LogP contribution >= 0.6 is 0 Å². The van der Waals surface area contributed by atoms with Crippen LogP contribution in [0.15, 0.2) is 11.6 Å². The monoisotopic (exact) mass is 314 g/mol. The van der Waals surface area contributed by atoms with Crippen molar-refractivity contribution < 1.29 is 24.2 Å². The first kappa shape index (κ1) is 18.4. The highest BCUT2D eigenvalue weighted by Gasteiger charge is 2.30. The summed E-state index contributed by atoms with van der Waals surface area (Å²) in [5, 5.41) is 13.8. The number of nitrogens with one attached hydrogen (secondary N) is 2. The predicted octanol–water partition coefficient (Wildman–Crippen LogP) is 1.49. The predicted molar refractivity (Wildman–Crippen MR) is 81.5 cm³/mol. The van der Waals surface area contributed by atoms with Gasteiger partial charge in [0.05, 0.1) is 12.6 Å². The van der Waals surface area contributed by atoms with Crippen molar-refractivity contribution in [2.24, 2.45) is 5.92 Å². The Balaban J connectivity index is 2.59. The largest absolute Gasteiger partial charge is 0.465 e. The van der Waals surface area contributed by atoms with E-state index in [1.807, 2.05) is 13.8 Å². The van der Waals surface area contributed by atoms with Crippen molar-refractivity contribution >= 4 is 12.0 Å². The van der Waals surface area contributed by atoms with Gasteiger partial charge in [-0.3, -0.25) is 4.79 Å². The van der Waals surface area contributed by atoms with Crippen molar-refractivity contribution in [1.82, 2.24) is 10.6 Å². The minimum absolute atomic E-state index is 0.137. The smallest absolute Gasteiger partial charge is 0.404 e. The van der Waals surface area contributed by atoms with Gasteiger partial charge < -0.3 is 25.2 Å². The van der Waals surface area contributed by atoms with Gasteiger partial charge in [0.2, 0.25) is 5.91 Å². The van der Waals surface area contributed by atoms with Gasteiger partial charge in [0.15, 0.2) is 6.29 Å². The number of rotatable bonds is 8. The van der Waals surface area contributed by atoms with Crippen LogP contribution in [0, 0.1) is 5.92 Å². The molecular formula is C15H26N2O5. The van der Waals surface area contributed by atoms with Crippen LogP contribution in [-0.4, -0.2) is 49.7 Å². The van der Waals surface area contributed by atoms with Crippen molar-refractivity contribution in [3.63, 3.8) is 0 Å². The molecule has 2 atom stereocenters. The van der Waals surface area contributed by atoms with Gasteiger partial charge in [-0.15, -0.1) is 0 Å². The highest BCUT2D eigenvalue weighted by atomic mass is 16.7. The van der Waals surface area contributed by atoms with Crippen LogP contribution in [-0.2, 0) is 14.3 Å². The molecule has 1 saturated heterocycles. The second kappa shape index (κ2) is 9.42. The standard InChI is InChI=1S/C15H26N2O5/c1-10(2)9-11(5-4-7-16-15(19)20)13(18)17-12-6-8-22-14(12)21-3/h5,10,12,14,16H,4,6-9H2,1-3H3,(H,17,18)(H,19,20)/b11-5+/t12-,14?/m0/s1. The molecule has 1 aliphatic heterocycles. The van der Waals surface area contributed by atoms with Crippen LogP contribution in [0.4, 0.5) is 4.79 Å². The highest BCUT2D eigenvalue weighted by Crippen LogP contribution is 2.17. The van der Waals surface area contributed by atoms with Gasteiger partial charge in [0.1, 0.15) is 0 Å². The van der Waals surface area contributed by atoms with Crippen LogP contribution in [0.2, 0.25) is 0 Å². The zero-order valence-electron chi connectivity index (χ0n) is 13.4. The Hall–Kier alpha value is -1.60. The van der Waals surface area contributed by atoms with Gasteiger partial charge in [-0.2, -0.15) is 0 Å². The molecule has 0 aromatic heterocycles. The Morgan fingerprint density at radius 1 is 1.45 bits per heavy atom. The molecule has 1 heterocycles. The van der Waals surface area contributed by atoms with E-state index in [-0.39, 0.29) is 18.5 Å². The molecule has 0 saturated carbocycles. The molecule has 126 valence electrons. The van der Waals surface area contributed by atoms with Crippen molar-refractivity contribution in [3.05, 3.63) is 11.6 Å². The molecule has 22 heavy (non-hydrogen) atoms. The van der Waals surface area contributed by atoms with Crippen LogP contribution < -0.4 is 10.6 Å². The second-order valence-electron chi connectivity index (χ2n) is 5.69. The lowest BCUT2D eigenvalue weighted by molar-refractivity contribution is -0.125. The highest BCUT2D eigenvalue weighted by molar-refractivity contribution is 5.93. The summed E-state index contributed by atoms with van der Waals surface area (Å²) in [5.41, 5.74) is 0.670. The maximum absolute atomic E-state index is 12.4. The Morgan fingerprint density at radius 2 is 2.18 bits per heavy atom. The Morgan fingerprint density at radius 3 is 2.77 bits per heavy atom. The summed E-state index contributed by atoms with van der Waals surface area (Å²) in [6.45, 7) is 4.92. The number of hydrogen-bond donors (Lipinski definition) is 3. The number of amides is 2. The van der Waals surface area contributed by atoms with Crippen molar-refractivity contribution in [2.75, 3.05) is 20.3 Å². The molecule has 1 fully saturated rings. The molecule has 1 unspecified atom stereocenters. The van der Waals surface area contributed by atoms with Crippen LogP contribution in [0.5, 0.6) is 0 Å². The Labute approximate surface area is 131 Å². The minimum Gasteiger partial charge on any atom is -0.465 e. The molecule has 0 aliphatic carbocycles. The fourth-order valence-electron chi connectivity index (χ4n) is 2.33. The number of methoxy groups -OCH3 is 1. The number of ether oxygens (including phenoxy) is 2. The van der Waals surface area contributed by atoms with Crippen LogP contribution in [0.1, 0.15) is 33.1 Å². The zero-order chi connectivity index (χ0) is 16.5. The lowest BCUT2D eigenvalue weighted by Crippen LogP contribution is -2.42. The van der Waals surface area contributed by atoms with E-state index in [0.717, 1.165) is 6.42 Å². The molecular weight excluding hydrogens is 288 g/mol. The van der Waals surface area contributed by atoms with E-state index < -0.39 is 12.4 Å². The number of carbonyl (C=O) groups excluding carboxylic acids is 1. The Bertz CT molecular complexity index is 409. The number of carboxylic acid groups (broad SMARTS) is 1. The fourth-order valence-corrected chi connectivity index (χ4v) is 2.33. The maximum atomic E-state index is 12.4. The van der Waals surface area contributed by atoms with E-state index in [4.69, 9.17) is 14.6 Å². The topological polar surface area (TPSA) is 96.9 Å². The van der Waals surface area contributed by atoms with E-state index in [0.29, 0.717) is 30.9 Å². The SMILES string of the molecule is COC1OCC[C@@H]1NC(=O)/C(=C/CCNC(=O)O)CC(C)C. The first-order valence-corrected chi connectivity index (χ1v) is 7.55. The quantitative estimate of drug-likeness (QED) is 0.466. The van der Waals surface area contributed by atoms with Crippen molar-refractivity contribution in [1.29, 1.82) is 0 Å². The molecule has 2 amide bonds. The summed E-state index contributed by atoms with van der Waals surface area (Å²) in [6, 6.07) is -0.148. The van der Waals surface area contributed by atoms with Gasteiger partial charge >= 0.3 is 6.09 Å². The summed E-state index contributed by atoms with van der Waals surface area (Å²) >= 11 is 0. The first-order valence-electron chi connectivity index (χ1n) is 7.55. The molecule has 0 bridgehead atoms. The molecule has 0 aromatic rings. The third-order valence-corrected chi connectivity index (χ3v) is 3.32. The minimum atomic E-state index is -1.06. The van der Waals surface area contributed by atoms with Gasteiger partial charge in [-0.05, 0) is 25.2 Å². The van der Waals surface area contributed by atoms with Crippen LogP contribution in [0.25, 0.3) is 0 Å². The molecule has 1 aliphatic rings. The molecule has 0 radical (unpaired) electrons. The fraction of sp³-hybridized carbons (Fsp3) is 0.733. The normalized spacial score (nSPS) is 21.9. The summed E-state index contributed by atoms with van der Waals surface area (Å²) in [4.78, 5) is 22.8. The third kappa shape index (κ3) is 6.44. The van der Waals surface area contributed by atoms with E-state index in [1.165, 1.54) is 0 Å². The molecule has 7 nitrogen and oxygen atoms in total. The Kier molecular flexibility index (Phi) is 7.90. The number of hydrogen-bond acceptors (Lipinski definition) is 4. The summed E-state index contributed by atoms with van der Waals surface area (Å²) in [6.07, 6.45) is 2.18. The summed E-state index contributed by atoms with van der Waals surface area (Å²) in [7, 11) is 1.55. The molecule has 1 rings (SSSR count). The lowest BCUT2D eigenvalue weighted by atomic mass is 10.0. The van der Waals surface area contributed by atoms with E-state index >= 15 is 0 Å². The van der Waals surface area contributed by atoms with Gasteiger partial charge in [0.25, 0.3) is 0 Å². The van der Waals surface area contributed by atoms with Crippen LogP contribution in [0.3, 0.4) is 0 Å². The first-order chi connectivity index (χ1) is 10.4. The molecule has 0 aromatic carbocycles. The average molecular weight is 314 g/mol. The van der Waals surface area contributed by atoms with Gasteiger partial charge in [-0.1, -0.05) is 19.9 Å². The molecule has 0 spiro atoms. The zero-order valence-corrected chi connectivity index (χ0v) is 13.4. The van der Waals surface area contributed by atoms with E-state index in [1.54, 1.807) is 13.2 Å². The third-order valence-electron chi connectivity index (χ3n) is 3.32. The summed E-state index contributed by atoms with van der Waals surface area (Å²) < 4.78 is 10.5.